The fourth-order valence-electron chi connectivity index (χ4n) is 5.03. The van der Waals surface area contributed by atoms with Crippen molar-refractivity contribution >= 4 is 18.0 Å². The van der Waals surface area contributed by atoms with E-state index in [4.69, 9.17) is 9.47 Å². The Morgan fingerprint density at radius 3 is 2.53 bits per heavy atom. The molecular weight excluding hydrogens is 436 g/mol. The number of carboxylic acid groups (broad SMARTS) is 1. The van der Waals surface area contributed by atoms with E-state index < -0.39 is 23.6 Å². The first-order chi connectivity index (χ1) is 16.4. The van der Waals surface area contributed by atoms with Crippen molar-refractivity contribution < 1.29 is 29.0 Å². The van der Waals surface area contributed by atoms with E-state index >= 15 is 0 Å². The molecule has 1 N–H and O–H groups in total. The van der Waals surface area contributed by atoms with E-state index in [0.29, 0.717) is 44.5 Å². The first kappa shape index (κ1) is 23.6. The highest BCUT2D eigenvalue weighted by atomic mass is 16.6. The summed E-state index contributed by atoms with van der Waals surface area (Å²) in [7, 11) is 1.56. The summed E-state index contributed by atoms with van der Waals surface area (Å²) in [4.78, 5) is 41.9. The van der Waals surface area contributed by atoms with Crippen molar-refractivity contribution in [3.63, 3.8) is 0 Å². The van der Waals surface area contributed by atoms with Gasteiger partial charge in [-0.1, -0.05) is 42.5 Å². The summed E-state index contributed by atoms with van der Waals surface area (Å²) in [5.41, 5.74) is 0.290. The van der Waals surface area contributed by atoms with E-state index in [9.17, 15) is 19.5 Å². The first-order valence-corrected chi connectivity index (χ1v) is 11.6. The molecule has 2 aromatic rings. The van der Waals surface area contributed by atoms with Crippen LogP contribution in [-0.4, -0.2) is 64.7 Å². The van der Waals surface area contributed by atoms with Crippen LogP contribution >= 0.6 is 0 Å². The normalized spacial score (nSPS) is 22.0. The smallest absolute Gasteiger partial charge is 0.410 e. The minimum atomic E-state index is -1.36. The number of nitrogens with zero attached hydrogens (tertiary/aromatic N) is 2. The summed E-state index contributed by atoms with van der Waals surface area (Å²) in [5, 5.41) is 10.3. The van der Waals surface area contributed by atoms with Gasteiger partial charge < -0.3 is 19.5 Å². The third kappa shape index (κ3) is 4.71. The molecule has 0 saturated carbocycles. The Bertz CT molecular complexity index is 1040. The topological polar surface area (TPSA) is 96.4 Å². The van der Waals surface area contributed by atoms with E-state index in [1.54, 1.807) is 19.2 Å². The summed E-state index contributed by atoms with van der Waals surface area (Å²) in [6.45, 7) is 0.877. The van der Waals surface area contributed by atoms with Crippen LogP contribution in [0.2, 0.25) is 0 Å². The first-order valence-electron chi connectivity index (χ1n) is 11.6. The molecule has 2 aliphatic heterocycles. The van der Waals surface area contributed by atoms with Gasteiger partial charge in [-0.2, -0.15) is 0 Å². The lowest BCUT2D eigenvalue weighted by Crippen LogP contribution is -2.59. The second-order valence-corrected chi connectivity index (χ2v) is 8.85. The number of aliphatic carboxylic acids is 1. The maximum atomic E-state index is 13.7. The number of ether oxygens (including phenoxy) is 2. The average molecular weight is 467 g/mol. The lowest BCUT2D eigenvalue weighted by molar-refractivity contribution is -0.158. The molecule has 2 aromatic carbocycles. The van der Waals surface area contributed by atoms with Crippen LogP contribution in [0.15, 0.2) is 54.6 Å². The molecule has 0 radical (unpaired) electrons. The number of rotatable bonds is 7. The zero-order valence-corrected chi connectivity index (χ0v) is 19.3. The molecule has 2 saturated heterocycles. The van der Waals surface area contributed by atoms with Crippen LogP contribution < -0.4 is 4.74 Å². The second kappa shape index (κ2) is 10.2. The van der Waals surface area contributed by atoms with E-state index in [1.807, 2.05) is 42.5 Å². The van der Waals surface area contributed by atoms with Crippen LogP contribution in [0, 0.1) is 0 Å². The van der Waals surface area contributed by atoms with Gasteiger partial charge in [-0.15, -0.1) is 0 Å². The number of carbonyl (C=O) groups excluding carboxylic acids is 2. The summed E-state index contributed by atoms with van der Waals surface area (Å²) < 4.78 is 10.7. The van der Waals surface area contributed by atoms with E-state index in [-0.39, 0.29) is 18.9 Å². The van der Waals surface area contributed by atoms with Crippen molar-refractivity contribution in [1.29, 1.82) is 0 Å². The molecule has 8 nitrogen and oxygen atoms in total. The van der Waals surface area contributed by atoms with Crippen LogP contribution in [0.3, 0.4) is 0 Å². The third-order valence-corrected chi connectivity index (χ3v) is 6.76. The molecule has 0 spiro atoms. The standard InChI is InChI=1S/C26H30N2O6/c1-33-21-11-5-10-20(16-21)17-26(24(30)31)13-7-15-28(26)23(29)22-12-6-14-27(22)25(32)34-18-19-8-3-2-4-9-19/h2-5,8-11,16,22H,6-7,12-15,17-18H2,1H3,(H,30,31). The lowest BCUT2D eigenvalue weighted by atomic mass is 9.87. The number of benzene rings is 2. The van der Waals surface area contributed by atoms with Crippen molar-refractivity contribution in [2.24, 2.45) is 0 Å². The molecular formula is C26H30N2O6. The molecule has 34 heavy (non-hydrogen) atoms. The van der Waals surface area contributed by atoms with Gasteiger partial charge in [-0.05, 0) is 48.9 Å². The van der Waals surface area contributed by atoms with E-state index in [1.165, 1.54) is 9.80 Å². The van der Waals surface area contributed by atoms with Crippen molar-refractivity contribution in [1.82, 2.24) is 9.80 Å². The molecule has 2 aliphatic rings. The minimum Gasteiger partial charge on any atom is -0.497 e. The van der Waals surface area contributed by atoms with Gasteiger partial charge in [0.1, 0.15) is 23.9 Å². The van der Waals surface area contributed by atoms with Gasteiger partial charge >= 0.3 is 12.1 Å². The molecule has 8 heteroatoms. The maximum absolute atomic E-state index is 13.7. The summed E-state index contributed by atoms with van der Waals surface area (Å²) in [6, 6.07) is 15.9. The Morgan fingerprint density at radius 2 is 1.79 bits per heavy atom. The number of carbonyl (C=O) groups is 3. The zero-order chi connectivity index (χ0) is 24.1. The van der Waals surface area contributed by atoms with Gasteiger partial charge in [-0.25, -0.2) is 9.59 Å². The highest BCUT2D eigenvalue weighted by Crippen LogP contribution is 2.36. The number of methoxy groups -OCH3 is 1. The van der Waals surface area contributed by atoms with Crippen LogP contribution in [0.4, 0.5) is 4.79 Å². The predicted molar refractivity (Wildman–Crippen MR) is 124 cm³/mol. The fourth-order valence-corrected chi connectivity index (χ4v) is 5.03. The number of carboxylic acids is 1. The second-order valence-electron chi connectivity index (χ2n) is 8.85. The largest absolute Gasteiger partial charge is 0.497 e. The summed E-state index contributed by atoms with van der Waals surface area (Å²) in [6.07, 6.45) is 1.73. The van der Waals surface area contributed by atoms with Gasteiger partial charge in [0.25, 0.3) is 0 Å². The van der Waals surface area contributed by atoms with Gasteiger partial charge in [0, 0.05) is 19.5 Å². The lowest BCUT2D eigenvalue weighted by Gasteiger charge is -2.38. The van der Waals surface area contributed by atoms with Gasteiger partial charge in [0.2, 0.25) is 5.91 Å². The molecule has 180 valence electrons. The Kier molecular flexibility index (Phi) is 7.05. The molecule has 4 rings (SSSR count). The number of hydrogen-bond donors (Lipinski definition) is 1. The number of likely N-dealkylation sites (tertiary alicyclic amines) is 2. The molecule has 2 heterocycles. The van der Waals surface area contributed by atoms with Crippen LogP contribution in [-0.2, 0) is 27.4 Å². The maximum Gasteiger partial charge on any atom is 0.410 e. The Morgan fingerprint density at radius 1 is 1.03 bits per heavy atom. The quantitative estimate of drug-likeness (QED) is 0.671. The summed E-state index contributed by atoms with van der Waals surface area (Å²) >= 11 is 0. The number of amides is 2. The highest BCUT2D eigenvalue weighted by molar-refractivity contribution is 5.92. The van der Waals surface area contributed by atoms with Crippen LogP contribution in [0.25, 0.3) is 0 Å². The Balaban J connectivity index is 1.51. The van der Waals surface area contributed by atoms with E-state index in [0.717, 1.165) is 11.1 Å². The van der Waals surface area contributed by atoms with Gasteiger partial charge in [0.05, 0.1) is 7.11 Å². The molecule has 0 aliphatic carbocycles. The molecule has 2 unspecified atom stereocenters. The van der Waals surface area contributed by atoms with Crippen molar-refractivity contribution in [3.8, 4) is 5.75 Å². The molecule has 2 fully saturated rings. The third-order valence-electron chi connectivity index (χ3n) is 6.76. The average Bonchev–Trinajstić information content (AvgIpc) is 3.51. The fraction of sp³-hybridized carbons (Fsp3) is 0.423. The zero-order valence-electron chi connectivity index (χ0n) is 19.3. The van der Waals surface area contributed by atoms with Crippen LogP contribution in [0.1, 0.15) is 36.8 Å². The van der Waals surface area contributed by atoms with Crippen molar-refractivity contribution in [2.45, 2.75) is 50.3 Å². The van der Waals surface area contributed by atoms with Crippen molar-refractivity contribution in [2.75, 3.05) is 20.2 Å². The highest BCUT2D eigenvalue weighted by Gasteiger charge is 2.52. The molecule has 0 aromatic heterocycles. The monoisotopic (exact) mass is 466 g/mol. The van der Waals surface area contributed by atoms with Gasteiger partial charge in [-0.3, -0.25) is 9.69 Å². The number of hydrogen-bond acceptors (Lipinski definition) is 5. The Hall–Kier alpha value is -3.55. The van der Waals surface area contributed by atoms with Crippen LogP contribution in [0.5, 0.6) is 5.75 Å². The van der Waals surface area contributed by atoms with E-state index in [2.05, 4.69) is 0 Å². The van der Waals surface area contributed by atoms with Gasteiger partial charge in [0.15, 0.2) is 0 Å². The Labute approximate surface area is 199 Å². The molecule has 2 atom stereocenters. The summed E-state index contributed by atoms with van der Waals surface area (Å²) in [5.74, 6) is -0.716. The molecule has 2 amide bonds. The molecule has 0 bridgehead atoms. The SMILES string of the molecule is COc1cccc(CC2(C(=O)O)CCCN2C(=O)C2CCCN2C(=O)OCc2ccccc2)c1. The van der Waals surface area contributed by atoms with Crippen molar-refractivity contribution in [3.05, 3.63) is 65.7 Å². The minimum absolute atomic E-state index is 0.121. The predicted octanol–water partition coefficient (Wildman–Crippen LogP) is 3.48.